The Balaban J connectivity index is 2.55. The Morgan fingerprint density at radius 3 is 2.92 bits per heavy atom. The molecule has 2 aromatic rings. The zero-order valence-corrected chi connectivity index (χ0v) is 6.43. The quantitative estimate of drug-likeness (QED) is 0.645. The predicted molar refractivity (Wildman–Crippen MR) is 40.9 cm³/mol. The van der Waals surface area contributed by atoms with Crippen LogP contribution in [-0.2, 0) is 7.05 Å². The van der Waals surface area contributed by atoms with Crippen molar-refractivity contribution in [2.75, 3.05) is 5.73 Å². The SMILES string of the molecule is Cn1ncc(-c2ncno2)c1N. The number of nitrogens with two attached hydrogens (primary N) is 1. The van der Waals surface area contributed by atoms with Crippen LogP contribution in [0.25, 0.3) is 11.5 Å². The van der Waals surface area contributed by atoms with Gasteiger partial charge in [-0.05, 0) is 0 Å². The van der Waals surface area contributed by atoms with Gasteiger partial charge in [0.15, 0.2) is 6.33 Å². The average Bonchev–Trinajstić information content (AvgIpc) is 2.64. The molecule has 0 aliphatic heterocycles. The van der Waals surface area contributed by atoms with Crippen molar-refractivity contribution in [2.45, 2.75) is 0 Å². The molecule has 2 heterocycles. The van der Waals surface area contributed by atoms with Gasteiger partial charge in [-0.25, -0.2) is 0 Å². The summed E-state index contributed by atoms with van der Waals surface area (Å²) in [6, 6.07) is 0. The van der Waals surface area contributed by atoms with Crippen LogP contribution in [0.3, 0.4) is 0 Å². The van der Waals surface area contributed by atoms with Crippen molar-refractivity contribution in [2.24, 2.45) is 7.05 Å². The van der Waals surface area contributed by atoms with Crippen molar-refractivity contribution < 1.29 is 4.52 Å². The van der Waals surface area contributed by atoms with Gasteiger partial charge in [0.25, 0.3) is 5.89 Å². The van der Waals surface area contributed by atoms with Crippen molar-refractivity contribution >= 4 is 5.82 Å². The number of nitrogens with zero attached hydrogens (tertiary/aromatic N) is 4. The highest BCUT2D eigenvalue weighted by molar-refractivity contribution is 5.65. The van der Waals surface area contributed by atoms with Gasteiger partial charge in [-0.3, -0.25) is 4.68 Å². The lowest BCUT2D eigenvalue weighted by atomic mass is 10.3. The third-order valence-electron chi connectivity index (χ3n) is 1.58. The van der Waals surface area contributed by atoms with E-state index >= 15 is 0 Å². The lowest BCUT2D eigenvalue weighted by molar-refractivity contribution is 0.430. The highest BCUT2D eigenvalue weighted by Gasteiger charge is 2.11. The molecule has 12 heavy (non-hydrogen) atoms. The third-order valence-corrected chi connectivity index (χ3v) is 1.58. The monoisotopic (exact) mass is 165 g/mol. The first kappa shape index (κ1) is 6.84. The Morgan fingerprint density at radius 2 is 2.42 bits per heavy atom. The highest BCUT2D eigenvalue weighted by atomic mass is 16.5. The number of rotatable bonds is 1. The van der Waals surface area contributed by atoms with Crippen molar-refractivity contribution in [3.8, 4) is 11.5 Å². The van der Waals surface area contributed by atoms with Crippen LogP contribution >= 0.6 is 0 Å². The molecule has 0 radical (unpaired) electrons. The van der Waals surface area contributed by atoms with Crippen LogP contribution in [0.15, 0.2) is 17.0 Å². The highest BCUT2D eigenvalue weighted by Crippen LogP contribution is 2.21. The standard InChI is InChI=1S/C6H7N5O/c1-11-5(7)4(2-9-11)6-8-3-10-12-6/h2-3H,7H2,1H3. The Hall–Kier alpha value is -1.85. The second-order valence-electron chi connectivity index (χ2n) is 2.31. The second-order valence-corrected chi connectivity index (χ2v) is 2.31. The summed E-state index contributed by atoms with van der Waals surface area (Å²) in [5.41, 5.74) is 6.33. The zero-order valence-electron chi connectivity index (χ0n) is 6.43. The van der Waals surface area contributed by atoms with Gasteiger partial charge in [0.1, 0.15) is 11.4 Å². The molecule has 0 unspecified atom stereocenters. The minimum absolute atomic E-state index is 0.389. The largest absolute Gasteiger partial charge is 0.383 e. The first-order valence-electron chi connectivity index (χ1n) is 3.33. The molecule has 0 saturated carbocycles. The molecule has 6 heteroatoms. The summed E-state index contributed by atoms with van der Waals surface area (Å²) < 4.78 is 6.36. The van der Waals surface area contributed by atoms with Crippen molar-refractivity contribution in [1.82, 2.24) is 19.9 Å². The van der Waals surface area contributed by atoms with Gasteiger partial charge >= 0.3 is 0 Å². The first-order valence-corrected chi connectivity index (χ1v) is 3.33. The fraction of sp³-hybridized carbons (Fsp3) is 0.167. The van der Waals surface area contributed by atoms with Gasteiger partial charge in [0.05, 0.1) is 6.20 Å². The summed E-state index contributed by atoms with van der Waals surface area (Å²) in [6.45, 7) is 0. The summed E-state index contributed by atoms with van der Waals surface area (Å²) in [5, 5.41) is 7.41. The number of aromatic nitrogens is 4. The molecule has 0 saturated heterocycles. The summed E-state index contributed by atoms with van der Waals surface area (Å²) in [6.07, 6.45) is 2.91. The number of hydrogen-bond donors (Lipinski definition) is 1. The molecule has 0 atom stereocenters. The van der Waals surface area contributed by atoms with E-state index in [2.05, 4.69) is 15.2 Å². The van der Waals surface area contributed by atoms with Crippen molar-refractivity contribution in [1.29, 1.82) is 0 Å². The maximum absolute atomic E-state index is 5.67. The molecule has 2 rings (SSSR count). The van der Waals surface area contributed by atoms with Gasteiger partial charge in [-0.2, -0.15) is 10.1 Å². The van der Waals surface area contributed by atoms with Gasteiger partial charge in [0.2, 0.25) is 0 Å². The average molecular weight is 165 g/mol. The van der Waals surface area contributed by atoms with E-state index in [1.807, 2.05) is 0 Å². The summed E-state index contributed by atoms with van der Waals surface area (Å²) >= 11 is 0. The molecule has 6 nitrogen and oxygen atoms in total. The fourth-order valence-corrected chi connectivity index (χ4v) is 0.904. The van der Waals surface area contributed by atoms with E-state index in [0.717, 1.165) is 0 Å². The van der Waals surface area contributed by atoms with E-state index in [9.17, 15) is 0 Å². The molecular formula is C6H7N5O. The maximum atomic E-state index is 5.67. The lowest BCUT2D eigenvalue weighted by Crippen LogP contribution is -1.97. The zero-order chi connectivity index (χ0) is 8.55. The molecule has 2 N–H and O–H groups in total. The normalized spacial score (nSPS) is 10.4. The van der Waals surface area contributed by atoms with Crippen molar-refractivity contribution in [3.05, 3.63) is 12.5 Å². The maximum Gasteiger partial charge on any atom is 0.263 e. The van der Waals surface area contributed by atoms with Crippen LogP contribution in [0.2, 0.25) is 0 Å². The molecule has 0 aliphatic carbocycles. The molecular weight excluding hydrogens is 158 g/mol. The molecule has 0 amide bonds. The second kappa shape index (κ2) is 2.33. The van der Waals surface area contributed by atoms with Gasteiger partial charge in [-0.15, -0.1) is 0 Å². The van der Waals surface area contributed by atoms with E-state index in [4.69, 9.17) is 10.3 Å². The van der Waals surface area contributed by atoms with Crippen LogP contribution in [0.5, 0.6) is 0 Å². The van der Waals surface area contributed by atoms with E-state index in [0.29, 0.717) is 17.3 Å². The van der Waals surface area contributed by atoms with Gasteiger partial charge in [0, 0.05) is 7.05 Å². The Labute approximate surface area is 68.0 Å². The van der Waals surface area contributed by atoms with Gasteiger partial charge in [-0.1, -0.05) is 5.16 Å². The Kier molecular flexibility index (Phi) is 1.33. The molecule has 0 bridgehead atoms. The van der Waals surface area contributed by atoms with Crippen LogP contribution in [0, 0.1) is 0 Å². The molecule has 0 aromatic carbocycles. The third kappa shape index (κ3) is 0.849. The van der Waals surface area contributed by atoms with E-state index < -0.39 is 0 Å². The summed E-state index contributed by atoms with van der Waals surface area (Å²) in [5.74, 6) is 0.903. The van der Waals surface area contributed by atoms with Gasteiger partial charge < -0.3 is 10.3 Å². The lowest BCUT2D eigenvalue weighted by Gasteiger charge is -1.93. The van der Waals surface area contributed by atoms with Crippen LogP contribution < -0.4 is 5.73 Å². The smallest absolute Gasteiger partial charge is 0.263 e. The summed E-state index contributed by atoms with van der Waals surface area (Å²) in [4.78, 5) is 3.85. The van der Waals surface area contributed by atoms with Crippen LogP contribution in [0.4, 0.5) is 5.82 Å². The Bertz CT molecular complexity index is 377. The minimum atomic E-state index is 0.389. The number of aryl methyl sites for hydroxylation is 1. The number of nitrogen functional groups attached to an aromatic ring is 1. The van der Waals surface area contributed by atoms with Crippen LogP contribution in [0.1, 0.15) is 0 Å². The molecule has 0 fully saturated rings. The molecule has 0 spiro atoms. The predicted octanol–water partition coefficient (Wildman–Crippen LogP) is 0.0523. The molecule has 2 aromatic heterocycles. The van der Waals surface area contributed by atoms with E-state index in [-0.39, 0.29) is 0 Å². The van der Waals surface area contributed by atoms with Crippen molar-refractivity contribution in [3.63, 3.8) is 0 Å². The van der Waals surface area contributed by atoms with E-state index in [1.54, 1.807) is 17.9 Å². The Morgan fingerprint density at radius 1 is 1.58 bits per heavy atom. The molecule has 62 valence electrons. The van der Waals surface area contributed by atoms with Crippen LogP contribution in [-0.4, -0.2) is 19.9 Å². The number of anilines is 1. The minimum Gasteiger partial charge on any atom is -0.383 e. The first-order chi connectivity index (χ1) is 5.79. The summed E-state index contributed by atoms with van der Waals surface area (Å²) in [7, 11) is 1.75. The molecule has 0 aliphatic rings. The topological polar surface area (TPSA) is 82.8 Å². The number of hydrogen-bond acceptors (Lipinski definition) is 5. The van der Waals surface area contributed by atoms with E-state index in [1.165, 1.54) is 6.33 Å². The fourth-order valence-electron chi connectivity index (χ4n) is 0.904.